The molecule has 0 aromatic carbocycles. The Bertz CT molecular complexity index is 199. The van der Waals surface area contributed by atoms with Gasteiger partial charge in [0.15, 0.2) is 0 Å². The van der Waals surface area contributed by atoms with Crippen LogP contribution in [0.4, 0.5) is 0 Å². The smallest absolute Gasteiger partial charge is 0.136 e. The summed E-state index contributed by atoms with van der Waals surface area (Å²) in [4.78, 5) is 11.7. The number of hydrogen-bond acceptors (Lipinski definition) is 3. The molecule has 0 saturated heterocycles. The Balaban J connectivity index is 0.00000106. The second kappa shape index (κ2) is 8.97. The normalized spacial score (nSPS) is 24.3. The molecule has 3 N–H and O–H groups in total. The molecule has 0 bridgehead atoms. The molecule has 0 amide bonds. The molecule has 1 fully saturated rings. The van der Waals surface area contributed by atoms with Crippen LogP contribution in [0, 0.1) is 11.8 Å². The number of halogens is 1. The molecule has 0 aliphatic heterocycles. The molecule has 1 aliphatic carbocycles. The zero-order chi connectivity index (χ0) is 12.6. The van der Waals surface area contributed by atoms with E-state index in [2.05, 4.69) is 6.92 Å². The zero-order valence-electron chi connectivity index (χ0n) is 10.3. The number of carbonyl (C=O) groups excluding carboxylic acids is 1. The molecule has 0 heterocycles. The molecular weight excluding hydrogens is 226 g/mol. The molecule has 0 spiro atoms. The van der Waals surface area contributed by atoms with Crippen molar-refractivity contribution >= 4 is 17.4 Å². The Morgan fingerprint density at radius 3 is 2.56 bits per heavy atom. The van der Waals surface area contributed by atoms with E-state index in [4.69, 9.17) is 22.4 Å². The maximum absolute atomic E-state index is 11.7. The van der Waals surface area contributed by atoms with Crippen molar-refractivity contribution in [2.24, 2.45) is 17.6 Å². The number of Topliss-reactive ketones (excluding diaryl/α,β-unsaturated/α-hetero) is 1. The Hall–Kier alpha value is -0.120. The fourth-order valence-electron chi connectivity index (χ4n) is 2.29. The van der Waals surface area contributed by atoms with Crippen LogP contribution in [-0.2, 0) is 4.79 Å². The first kappa shape index (κ1) is 15.9. The number of carbonyl (C=O) groups is 1. The lowest BCUT2D eigenvalue weighted by atomic mass is 9.76. The fraction of sp³-hybridized carbons (Fsp3) is 0.917. The number of alkyl halides is 1. The summed E-state index contributed by atoms with van der Waals surface area (Å²) < 4.78 is 0. The summed E-state index contributed by atoms with van der Waals surface area (Å²) in [5, 5.41) is 7.00. The maximum atomic E-state index is 11.7. The predicted octanol–water partition coefficient (Wildman–Crippen LogP) is 1.95. The van der Waals surface area contributed by atoms with Crippen LogP contribution in [0.25, 0.3) is 0 Å². The van der Waals surface area contributed by atoms with Gasteiger partial charge in [-0.05, 0) is 25.2 Å². The van der Waals surface area contributed by atoms with Gasteiger partial charge in [-0.3, -0.25) is 4.79 Å². The first-order chi connectivity index (χ1) is 7.70. The largest absolute Gasteiger partial charge is 0.400 e. The topological polar surface area (TPSA) is 63.3 Å². The van der Waals surface area contributed by atoms with E-state index in [1.807, 2.05) is 0 Å². The van der Waals surface area contributed by atoms with Gasteiger partial charge < -0.3 is 10.8 Å². The minimum absolute atomic E-state index is 0.0829. The zero-order valence-corrected chi connectivity index (χ0v) is 11.0. The van der Waals surface area contributed by atoms with Crippen molar-refractivity contribution in [3.05, 3.63) is 0 Å². The van der Waals surface area contributed by atoms with Gasteiger partial charge in [-0.1, -0.05) is 13.3 Å². The van der Waals surface area contributed by atoms with Gasteiger partial charge in [-0.25, -0.2) is 0 Å². The summed E-state index contributed by atoms with van der Waals surface area (Å²) in [7, 11) is 1.00. The summed E-state index contributed by atoms with van der Waals surface area (Å²) in [5.41, 5.74) is 5.98. The highest BCUT2D eigenvalue weighted by Gasteiger charge is 2.32. The van der Waals surface area contributed by atoms with Crippen LogP contribution in [-0.4, -0.2) is 29.9 Å². The van der Waals surface area contributed by atoms with E-state index in [9.17, 15) is 4.79 Å². The highest BCUT2D eigenvalue weighted by molar-refractivity contribution is 6.18. The van der Waals surface area contributed by atoms with Crippen molar-refractivity contribution in [2.75, 3.05) is 13.0 Å². The van der Waals surface area contributed by atoms with Gasteiger partial charge in [0.1, 0.15) is 5.78 Å². The van der Waals surface area contributed by atoms with E-state index in [-0.39, 0.29) is 17.9 Å². The number of ketones is 1. The molecule has 16 heavy (non-hydrogen) atoms. The Labute approximate surface area is 103 Å². The van der Waals surface area contributed by atoms with E-state index in [1.165, 1.54) is 0 Å². The standard InChI is InChI=1S/C11H20ClNO.CH4O/c1-2-10(13)9(7-12)8-5-3-4-6-11(8)14;1-2/h8-10H,2-7,13H2,1H3;2H,1H3. The Morgan fingerprint density at radius 2 is 2.12 bits per heavy atom. The highest BCUT2D eigenvalue weighted by Crippen LogP contribution is 2.30. The first-order valence-corrected chi connectivity index (χ1v) is 6.53. The van der Waals surface area contributed by atoms with E-state index in [0.717, 1.165) is 39.2 Å². The van der Waals surface area contributed by atoms with E-state index in [1.54, 1.807) is 0 Å². The molecule has 3 unspecified atom stereocenters. The average Bonchev–Trinajstić information content (AvgIpc) is 2.34. The lowest BCUT2D eigenvalue weighted by Gasteiger charge is -2.31. The maximum Gasteiger partial charge on any atom is 0.136 e. The van der Waals surface area contributed by atoms with Crippen LogP contribution >= 0.6 is 11.6 Å². The predicted molar refractivity (Wildman–Crippen MR) is 67.6 cm³/mol. The van der Waals surface area contributed by atoms with E-state index < -0.39 is 0 Å². The van der Waals surface area contributed by atoms with Crippen molar-refractivity contribution in [3.63, 3.8) is 0 Å². The number of nitrogens with two attached hydrogens (primary N) is 1. The van der Waals surface area contributed by atoms with Gasteiger partial charge in [0.2, 0.25) is 0 Å². The van der Waals surface area contributed by atoms with Crippen molar-refractivity contribution in [1.82, 2.24) is 0 Å². The van der Waals surface area contributed by atoms with Crippen LogP contribution < -0.4 is 5.73 Å². The van der Waals surface area contributed by atoms with Gasteiger partial charge in [0.25, 0.3) is 0 Å². The highest BCUT2D eigenvalue weighted by atomic mass is 35.5. The number of aliphatic hydroxyl groups excluding tert-OH is 1. The molecule has 96 valence electrons. The van der Waals surface area contributed by atoms with Crippen molar-refractivity contribution in [1.29, 1.82) is 0 Å². The lowest BCUT2D eigenvalue weighted by molar-refractivity contribution is -0.126. The summed E-state index contributed by atoms with van der Waals surface area (Å²) in [6.45, 7) is 2.05. The second-order valence-electron chi connectivity index (χ2n) is 4.21. The molecule has 0 radical (unpaired) electrons. The first-order valence-electron chi connectivity index (χ1n) is 5.99. The minimum Gasteiger partial charge on any atom is -0.400 e. The van der Waals surface area contributed by atoms with Crippen molar-refractivity contribution in [2.45, 2.75) is 45.1 Å². The molecule has 1 aliphatic rings. The molecular formula is C12H24ClNO2. The molecule has 3 atom stereocenters. The van der Waals surface area contributed by atoms with E-state index in [0.29, 0.717) is 11.7 Å². The number of hydrogen-bond donors (Lipinski definition) is 2. The van der Waals surface area contributed by atoms with Gasteiger partial charge in [0.05, 0.1) is 0 Å². The van der Waals surface area contributed by atoms with Crippen molar-refractivity contribution < 1.29 is 9.90 Å². The molecule has 1 rings (SSSR count). The Morgan fingerprint density at radius 1 is 1.50 bits per heavy atom. The molecule has 1 saturated carbocycles. The lowest BCUT2D eigenvalue weighted by Crippen LogP contribution is -2.40. The van der Waals surface area contributed by atoms with Crippen LogP contribution in [0.15, 0.2) is 0 Å². The van der Waals surface area contributed by atoms with E-state index >= 15 is 0 Å². The molecule has 0 aromatic rings. The summed E-state index contributed by atoms with van der Waals surface area (Å²) in [6.07, 6.45) is 4.82. The van der Waals surface area contributed by atoms with Gasteiger partial charge in [-0.2, -0.15) is 0 Å². The minimum atomic E-state index is 0.0829. The number of rotatable bonds is 4. The Kier molecular flexibility index (Phi) is 8.90. The van der Waals surface area contributed by atoms with Gasteiger partial charge >= 0.3 is 0 Å². The third-order valence-electron chi connectivity index (χ3n) is 3.32. The monoisotopic (exact) mass is 249 g/mol. The summed E-state index contributed by atoms with van der Waals surface area (Å²) >= 11 is 5.91. The van der Waals surface area contributed by atoms with Gasteiger partial charge in [-0.15, -0.1) is 11.6 Å². The van der Waals surface area contributed by atoms with Crippen LogP contribution in [0.5, 0.6) is 0 Å². The molecule has 4 heteroatoms. The number of aliphatic hydroxyl groups is 1. The van der Waals surface area contributed by atoms with Crippen LogP contribution in [0.3, 0.4) is 0 Å². The second-order valence-corrected chi connectivity index (χ2v) is 4.52. The van der Waals surface area contributed by atoms with Crippen LogP contribution in [0.2, 0.25) is 0 Å². The third kappa shape index (κ3) is 4.40. The SMILES string of the molecule is CCC(N)C(CCl)C1CCCCC1=O.CO. The van der Waals surface area contributed by atoms with Crippen LogP contribution in [0.1, 0.15) is 39.0 Å². The fourth-order valence-corrected chi connectivity index (χ4v) is 2.73. The molecule has 0 aromatic heterocycles. The average molecular weight is 250 g/mol. The summed E-state index contributed by atoms with van der Waals surface area (Å²) in [6, 6.07) is 0.0829. The molecule has 3 nitrogen and oxygen atoms in total. The van der Waals surface area contributed by atoms with Crippen molar-refractivity contribution in [3.8, 4) is 0 Å². The quantitative estimate of drug-likeness (QED) is 0.749. The van der Waals surface area contributed by atoms with Gasteiger partial charge in [0, 0.05) is 31.4 Å². The third-order valence-corrected chi connectivity index (χ3v) is 3.67. The summed E-state index contributed by atoms with van der Waals surface area (Å²) in [5.74, 6) is 1.22.